The lowest BCUT2D eigenvalue weighted by molar-refractivity contribution is -0.124. The van der Waals surface area contributed by atoms with Crippen molar-refractivity contribution in [3.8, 4) is 0 Å². The molecule has 4 rings (SSSR count). The number of amides is 1. The van der Waals surface area contributed by atoms with Crippen LogP contribution < -0.4 is 10.2 Å². The zero-order chi connectivity index (χ0) is 13.7. The van der Waals surface area contributed by atoms with Crippen LogP contribution in [0.4, 0.5) is 11.4 Å². The number of carbonyl (C=O) groups is 1. The van der Waals surface area contributed by atoms with E-state index in [0.29, 0.717) is 26.1 Å². The molecule has 0 atom stereocenters. The molecule has 0 bridgehead atoms. The Hall–Kier alpha value is -2.08. The summed E-state index contributed by atoms with van der Waals surface area (Å²) in [6.45, 7) is 1.24. The Bertz CT molecular complexity index is 688. The van der Waals surface area contributed by atoms with Crippen molar-refractivity contribution in [3.63, 3.8) is 0 Å². The van der Waals surface area contributed by atoms with Gasteiger partial charge in [0.15, 0.2) is 0 Å². The first-order valence-corrected chi connectivity index (χ1v) is 6.81. The van der Waals surface area contributed by atoms with Crippen LogP contribution in [0.1, 0.15) is 12.8 Å². The first kappa shape index (κ1) is 11.7. The molecule has 6 heteroatoms. The average molecular weight is 272 g/mol. The molecule has 6 nitrogen and oxygen atoms in total. The number of anilines is 2. The van der Waals surface area contributed by atoms with E-state index in [1.54, 1.807) is 6.20 Å². The molecule has 20 heavy (non-hydrogen) atoms. The van der Waals surface area contributed by atoms with E-state index in [1.807, 2.05) is 19.3 Å². The summed E-state index contributed by atoms with van der Waals surface area (Å²) in [5, 5.41) is 4.06. The third kappa shape index (κ3) is 1.37. The van der Waals surface area contributed by atoms with E-state index >= 15 is 0 Å². The van der Waals surface area contributed by atoms with Gasteiger partial charge in [-0.25, -0.2) is 4.98 Å². The SMILES string of the molecule is CN1c2c(cnc3[nH]ccc23)NC(=O)C12CCOCC2. The third-order valence-electron chi connectivity index (χ3n) is 4.53. The van der Waals surface area contributed by atoms with E-state index in [4.69, 9.17) is 4.74 Å². The minimum atomic E-state index is -0.503. The van der Waals surface area contributed by atoms with Gasteiger partial charge in [-0.2, -0.15) is 0 Å². The van der Waals surface area contributed by atoms with Crippen LogP contribution in [-0.2, 0) is 9.53 Å². The molecule has 2 aliphatic rings. The average Bonchev–Trinajstić information content (AvgIpc) is 2.94. The molecule has 1 fully saturated rings. The fourth-order valence-corrected chi connectivity index (χ4v) is 3.32. The highest BCUT2D eigenvalue weighted by molar-refractivity contribution is 6.11. The Morgan fingerprint density at radius 2 is 2.20 bits per heavy atom. The van der Waals surface area contributed by atoms with Gasteiger partial charge in [-0.3, -0.25) is 4.79 Å². The van der Waals surface area contributed by atoms with Crippen LogP contribution in [0.2, 0.25) is 0 Å². The second-order valence-corrected chi connectivity index (χ2v) is 5.42. The van der Waals surface area contributed by atoms with E-state index < -0.39 is 5.54 Å². The van der Waals surface area contributed by atoms with Crippen molar-refractivity contribution < 1.29 is 9.53 Å². The third-order valence-corrected chi connectivity index (χ3v) is 4.53. The maximum atomic E-state index is 12.6. The molecule has 0 saturated carbocycles. The molecule has 4 heterocycles. The van der Waals surface area contributed by atoms with Crippen LogP contribution in [0.3, 0.4) is 0 Å². The van der Waals surface area contributed by atoms with Crippen LogP contribution in [0, 0.1) is 0 Å². The number of carbonyl (C=O) groups excluding carboxylic acids is 1. The van der Waals surface area contributed by atoms with E-state index in [2.05, 4.69) is 20.2 Å². The van der Waals surface area contributed by atoms with Crippen molar-refractivity contribution in [2.75, 3.05) is 30.5 Å². The summed E-state index contributed by atoms with van der Waals surface area (Å²) in [5.41, 5.74) is 2.16. The zero-order valence-electron chi connectivity index (χ0n) is 11.3. The minimum absolute atomic E-state index is 0.0486. The Kier molecular flexibility index (Phi) is 2.32. The first-order valence-electron chi connectivity index (χ1n) is 6.81. The molecule has 2 aromatic rings. The van der Waals surface area contributed by atoms with E-state index in [1.165, 1.54) is 0 Å². The summed E-state index contributed by atoms with van der Waals surface area (Å²) in [6, 6.07) is 2.00. The van der Waals surface area contributed by atoms with Gasteiger partial charge in [0, 0.05) is 44.7 Å². The Labute approximate surface area is 116 Å². The highest BCUT2D eigenvalue weighted by Gasteiger charge is 2.47. The summed E-state index contributed by atoms with van der Waals surface area (Å²) in [5.74, 6) is 0.0486. The first-order chi connectivity index (χ1) is 9.72. The monoisotopic (exact) mass is 272 g/mol. The summed E-state index contributed by atoms with van der Waals surface area (Å²) < 4.78 is 5.43. The number of rotatable bonds is 0. The van der Waals surface area contributed by atoms with Crippen LogP contribution in [0.5, 0.6) is 0 Å². The number of nitrogens with one attached hydrogen (secondary N) is 2. The van der Waals surface area contributed by atoms with Gasteiger partial charge in [-0.15, -0.1) is 0 Å². The van der Waals surface area contributed by atoms with Crippen molar-refractivity contribution in [1.82, 2.24) is 9.97 Å². The molecular formula is C14H16N4O2. The van der Waals surface area contributed by atoms with Crippen LogP contribution >= 0.6 is 0 Å². The summed E-state index contributed by atoms with van der Waals surface area (Å²) >= 11 is 0. The predicted molar refractivity (Wildman–Crippen MR) is 75.9 cm³/mol. The van der Waals surface area contributed by atoms with Crippen molar-refractivity contribution in [2.24, 2.45) is 0 Å². The number of pyridine rings is 1. The molecule has 1 amide bonds. The predicted octanol–water partition coefficient (Wildman–Crippen LogP) is 1.50. The van der Waals surface area contributed by atoms with Gasteiger partial charge in [0.25, 0.3) is 5.91 Å². The second kappa shape index (κ2) is 3.96. The van der Waals surface area contributed by atoms with Crippen LogP contribution in [0.15, 0.2) is 18.5 Å². The molecule has 0 unspecified atom stereocenters. The Morgan fingerprint density at radius 3 is 3.00 bits per heavy atom. The van der Waals surface area contributed by atoms with Crippen molar-refractivity contribution in [1.29, 1.82) is 0 Å². The largest absolute Gasteiger partial charge is 0.381 e. The number of hydrogen-bond acceptors (Lipinski definition) is 4. The lowest BCUT2D eigenvalue weighted by Gasteiger charge is -2.47. The van der Waals surface area contributed by atoms with Gasteiger partial charge < -0.3 is 19.9 Å². The number of likely N-dealkylation sites (N-methyl/N-ethyl adjacent to an activating group) is 1. The van der Waals surface area contributed by atoms with E-state index in [-0.39, 0.29) is 5.91 Å². The number of hydrogen-bond donors (Lipinski definition) is 2. The number of nitrogens with zero attached hydrogens (tertiary/aromatic N) is 2. The van der Waals surface area contributed by atoms with Crippen molar-refractivity contribution in [3.05, 3.63) is 18.5 Å². The molecule has 104 valence electrons. The molecule has 2 N–H and O–H groups in total. The van der Waals surface area contributed by atoms with Crippen LogP contribution in [0.25, 0.3) is 11.0 Å². The fraction of sp³-hybridized carbons (Fsp3) is 0.429. The van der Waals surface area contributed by atoms with E-state index in [9.17, 15) is 4.79 Å². The second-order valence-electron chi connectivity index (χ2n) is 5.42. The molecule has 0 radical (unpaired) electrons. The quantitative estimate of drug-likeness (QED) is 0.762. The highest BCUT2D eigenvalue weighted by Crippen LogP contribution is 2.43. The lowest BCUT2D eigenvalue weighted by atomic mass is 9.84. The molecule has 2 aliphatic heterocycles. The van der Waals surface area contributed by atoms with E-state index in [0.717, 1.165) is 22.4 Å². The molecule has 0 aliphatic carbocycles. The molecule has 1 saturated heterocycles. The molecule has 1 spiro atoms. The minimum Gasteiger partial charge on any atom is -0.381 e. The van der Waals surface area contributed by atoms with Gasteiger partial charge in [0.1, 0.15) is 11.2 Å². The fourth-order valence-electron chi connectivity index (χ4n) is 3.32. The zero-order valence-corrected chi connectivity index (χ0v) is 11.3. The number of aromatic amines is 1. The molecular weight excluding hydrogens is 256 g/mol. The standard InChI is InChI=1S/C14H16N4O2/c1-18-11-9-2-5-15-12(9)16-8-10(11)17-13(19)14(18)3-6-20-7-4-14/h2,5,8H,3-4,6-7H2,1H3,(H,15,16)(H,17,19). The Morgan fingerprint density at radius 1 is 1.40 bits per heavy atom. The van der Waals surface area contributed by atoms with Gasteiger partial charge >= 0.3 is 0 Å². The van der Waals surface area contributed by atoms with Gasteiger partial charge in [0.05, 0.1) is 17.6 Å². The topological polar surface area (TPSA) is 70.2 Å². The smallest absolute Gasteiger partial charge is 0.250 e. The highest BCUT2D eigenvalue weighted by atomic mass is 16.5. The summed E-state index contributed by atoms with van der Waals surface area (Å²) in [4.78, 5) is 22.1. The number of ether oxygens (including phenoxy) is 1. The summed E-state index contributed by atoms with van der Waals surface area (Å²) in [7, 11) is 2.00. The van der Waals surface area contributed by atoms with Crippen LogP contribution in [-0.4, -0.2) is 41.7 Å². The lowest BCUT2D eigenvalue weighted by Crippen LogP contribution is -2.61. The van der Waals surface area contributed by atoms with Gasteiger partial charge in [-0.1, -0.05) is 0 Å². The Balaban J connectivity index is 1.93. The number of H-pyrrole nitrogens is 1. The number of fused-ring (bicyclic) bond motifs is 3. The van der Waals surface area contributed by atoms with Gasteiger partial charge in [-0.05, 0) is 6.07 Å². The van der Waals surface area contributed by atoms with Crippen molar-refractivity contribution >= 4 is 28.3 Å². The number of aromatic nitrogens is 2. The van der Waals surface area contributed by atoms with Gasteiger partial charge in [0.2, 0.25) is 0 Å². The van der Waals surface area contributed by atoms with Crippen molar-refractivity contribution in [2.45, 2.75) is 18.4 Å². The summed E-state index contributed by atoms with van der Waals surface area (Å²) in [6.07, 6.45) is 5.01. The maximum Gasteiger partial charge on any atom is 0.250 e. The maximum absolute atomic E-state index is 12.6. The molecule has 0 aromatic carbocycles. The normalized spacial score (nSPS) is 21.1. The molecule has 2 aromatic heterocycles.